The Balaban J connectivity index is 1.40. The number of hydrogen-bond acceptors (Lipinski definition) is 6. The number of aryl methyl sites for hydroxylation is 1. The van der Waals surface area contributed by atoms with Crippen LogP contribution in [0.4, 0.5) is 5.13 Å². The van der Waals surface area contributed by atoms with E-state index in [-0.39, 0.29) is 0 Å². The van der Waals surface area contributed by atoms with Crippen LogP contribution in [0.25, 0.3) is 22.2 Å². The van der Waals surface area contributed by atoms with E-state index in [1.807, 2.05) is 60.8 Å². The number of thiazole rings is 1. The van der Waals surface area contributed by atoms with Gasteiger partial charge < -0.3 is 4.74 Å². The van der Waals surface area contributed by atoms with Crippen molar-refractivity contribution in [3.05, 3.63) is 77.3 Å². The van der Waals surface area contributed by atoms with E-state index in [2.05, 4.69) is 15.3 Å². The number of nitrogens with one attached hydrogen (secondary N) is 1. The highest BCUT2D eigenvalue weighted by Crippen LogP contribution is 2.24. The molecule has 144 valence electrons. The van der Waals surface area contributed by atoms with Gasteiger partial charge in [0, 0.05) is 22.0 Å². The first-order chi connectivity index (χ1) is 14.1. The zero-order valence-corrected chi connectivity index (χ0v) is 16.4. The molecular formula is C22H17N3O3S. The minimum atomic E-state index is -0.564. The molecule has 29 heavy (non-hydrogen) atoms. The van der Waals surface area contributed by atoms with Gasteiger partial charge in [-0.15, -0.1) is 11.3 Å². The number of esters is 1. The molecule has 0 fully saturated rings. The highest BCUT2D eigenvalue weighted by atomic mass is 32.1. The number of nitrogens with zero attached hydrogens (tertiary/aromatic N) is 2. The van der Waals surface area contributed by atoms with E-state index in [0.29, 0.717) is 27.3 Å². The number of aromatic nitrogens is 2. The summed E-state index contributed by atoms with van der Waals surface area (Å²) in [4.78, 5) is 33.5. The lowest BCUT2D eigenvalue weighted by atomic mass is 10.1. The fourth-order valence-electron chi connectivity index (χ4n) is 2.91. The Hall–Kier alpha value is -3.58. The summed E-state index contributed by atoms with van der Waals surface area (Å²) in [6, 6.07) is 18.7. The molecule has 4 rings (SSSR count). The number of rotatable bonds is 5. The van der Waals surface area contributed by atoms with Gasteiger partial charge in [0.2, 0.25) is 0 Å². The Labute approximate surface area is 171 Å². The Morgan fingerprint density at radius 2 is 1.79 bits per heavy atom. The first-order valence-electron chi connectivity index (χ1n) is 8.94. The SMILES string of the molecule is Cc1cc(C(=O)OCC(=O)Nc2nc(-c3ccccc3)cs2)c2ccccc2n1. The number of carbonyl (C=O) groups excluding carboxylic acids is 2. The zero-order chi connectivity index (χ0) is 20.2. The summed E-state index contributed by atoms with van der Waals surface area (Å²) in [6.45, 7) is 1.41. The molecular weight excluding hydrogens is 386 g/mol. The molecule has 1 amide bonds. The third-order valence-corrected chi connectivity index (χ3v) is 4.98. The summed E-state index contributed by atoms with van der Waals surface area (Å²) < 4.78 is 5.21. The first-order valence-corrected chi connectivity index (χ1v) is 9.82. The van der Waals surface area contributed by atoms with Gasteiger partial charge in [0.15, 0.2) is 11.7 Å². The second kappa shape index (κ2) is 8.20. The summed E-state index contributed by atoms with van der Waals surface area (Å²) in [5, 5.41) is 5.67. The lowest BCUT2D eigenvalue weighted by Gasteiger charge is -2.08. The lowest BCUT2D eigenvalue weighted by Crippen LogP contribution is -2.21. The maximum atomic E-state index is 12.5. The molecule has 6 nitrogen and oxygen atoms in total. The average molecular weight is 403 g/mol. The lowest BCUT2D eigenvalue weighted by molar-refractivity contribution is -0.119. The fourth-order valence-corrected chi connectivity index (χ4v) is 3.65. The van der Waals surface area contributed by atoms with Crippen molar-refractivity contribution in [2.45, 2.75) is 6.92 Å². The maximum absolute atomic E-state index is 12.5. The molecule has 2 aromatic heterocycles. The van der Waals surface area contributed by atoms with E-state index in [4.69, 9.17) is 4.74 Å². The standard InChI is InChI=1S/C22H17N3O3S/c1-14-11-17(16-9-5-6-10-18(16)23-14)21(27)28-12-20(26)25-22-24-19(13-29-22)15-7-3-2-4-8-15/h2-11,13H,12H2,1H3,(H,24,25,26). The van der Waals surface area contributed by atoms with Gasteiger partial charge in [0.05, 0.1) is 16.8 Å². The largest absolute Gasteiger partial charge is 0.452 e. The van der Waals surface area contributed by atoms with Gasteiger partial charge in [0.1, 0.15) is 0 Å². The Morgan fingerprint density at radius 1 is 1.03 bits per heavy atom. The number of benzene rings is 2. The average Bonchev–Trinajstić information content (AvgIpc) is 3.20. The molecule has 1 N–H and O–H groups in total. The Morgan fingerprint density at radius 3 is 2.62 bits per heavy atom. The van der Waals surface area contributed by atoms with Gasteiger partial charge in [-0.25, -0.2) is 9.78 Å². The van der Waals surface area contributed by atoms with Gasteiger partial charge in [-0.2, -0.15) is 0 Å². The van der Waals surface area contributed by atoms with Crippen LogP contribution in [0.2, 0.25) is 0 Å². The van der Waals surface area contributed by atoms with Gasteiger partial charge in [-0.3, -0.25) is 15.1 Å². The molecule has 0 bridgehead atoms. The van der Waals surface area contributed by atoms with Gasteiger partial charge in [-0.1, -0.05) is 48.5 Å². The summed E-state index contributed by atoms with van der Waals surface area (Å²) in [7, 11) is 0. The van der Waals surface area contributed by atoms with E-state index in [0.717, 1.165) is 11.3 Å². The maximum Gasteiger partial charge on any atom is 0.339 e. The van der Waals surface area contributed by atoms with Crippen molar-refractivity contribution >= 4 is 39.2 Å². The normalized spacial score (nSPS) is 10.7. The van der Waals surface area contributed by atoms with Crippen LogP contribution >= 0.6 is 11.3 Å². The highest BCUT2D eigenvalue weighted by Gasteiger charge is 2.15. The number of carbonyl (C=O) groups is 2. The predicted octanol–water partition coefficient (Wildman–Crippen LogP) is 4.46. The van der Waals surface area contributed by atoms with Gasteiger partial charge >= 0.3 is 5.97 Å². The molecule has 4 aromatic rings. The van der Waals surface area contributed by atoms with Crippen molar-refractivity contribution in [3.8, 4) is 11.3 Å². The number of pyridine rings is 1. The second-order valence-electron chi connectivity index (χ2n) is 6.36. The molecule has 0 aliphatic carbocycles. The quantitative estimate of drug-likeness (QED) is 0.498. The molecule has 2 heterocycles. The Kier molecular flexibility index (Phi) is 5.31. The molecule has 2 aromatic carbocycles. The van der Waals surface area contributed by atoms with Crippen LogP contribution in [0.1, 0.15) is 16.1 Å². The molecule has 0 radical (unpaired) electrons. The molecule has 0 saturated heterocycles. The van der Waals surface area contributed by atoms with Gasteiger partial charge in [-0.05, 0) is 19.1 Å². The summed E-state index contributed by atoms with van der Waals surface area (Å²) >= 11 is 1.32. The molecule has 0 saturated carbocycles. The number of fused-ring (bicyclic) bond motifs is 1. The zero-order valence-electron chi connectivity index (χ0n) is 15.6. The monoisotopic (exact) mass is 403 g/mol. The van der Waals surface area contributed by atoms with E-state index in [1.165, 1.54) is 11.3 Å². The van der Waals surface area contributed by atoms with Crippen molar-refractivity contribution in [2.75, 3.05) is 11.9 Å². The van der Waals surface area contributed by atoms with Crippen LogP contribution in [0, 0.1) is 6.92 Å². The van der Waals surface area contributed by atoms with Crippen molar-refractivity contribution in [1.82, 2.24) is 9.97 Å². The number of hydrogen-bond donors (Lipinski definition) is 1. The molecule has 0 atom stereocenters. The third-order valence-electron chi connectivity index (χ3n) is 4.22. The van der Waals surface area contributed by atoms with Crippen LogP contribution in [-0.4, -0.2) is 28.5 Å². The highest BCUT2D eigenvalue weighted by molar-refractivity contribution is 7.14. The summed E-state index contributed by atoms with van der Waals surface area (Å²) in [5.41, 5.74) is 3.55. The topological polar surface area (TPSA) is 81.2 Å². The smallest absolute Gasteiger partial charge is 0.339 e. The fraction of sp³-hybridized carbons (Fsp3) is 0.0909. The van der Waals surface area contributed by atoms with Crippen LogP contribution in [0.15, 0.2) is 66.0 Å². The number of ether oxygens (including phenoxy) is 1. The van der Waals surface area contributed by atoms with Crippen LogP contribution in [-0.2, 0) is 9.53 Å². The van der Waals surface area contributed by atoms with Crippen molar-refractivity contribution in [3.63, 3.8) is 0 Å². The minimum Gasteiger partial charge on any atom is -0.452 e. The second-order valence-corrected chi connectivity index (χ2v) is 7.21. The molecule has 7 heteroatoms. The van der Waals surface area contributed by atoms with Gasteiger partial charge in [0.25, 0.3) is 5.91 Å². The summed E-state index contributed by atoms with van der Waals surface area (Å²) in [6.07, 6.45) is 0. The molecule has 0 spiro atoms. The van der Waals surface area contributed by atoms with Crippen molar-refractivity contribution < 1.29 is 14.3 Å². The van der Waals surface area contributed by atoms with E-state index >= 15 is 0 Å². The number of anilines is 1. The van der Waals surface area contributed by atoms with E-state index < -0.39 is 18.5 Å². The van der Waals surface area contributed by atoms with Crippen LogP contribution < -0.4 is 5.32 Å². The summed E-state index contributed by atoms with van der Waals surface area (Å²) in [5.74, 6) is -1.01. The van der Waals surface area contributed by atoms with Crippen molar-refractivity contribution in [2.24, 2.45) is 0 Å². The number of para-hydroxylation sites is 1. The van der Waals surface area contributed by atoms with Crippen LogP contribution in [0.3, 0.4) is 0 Å². The molecule has 0 unspecified atom stereocenters. The minimum absolute atomic E-state index is 0.390. The Bertz CT molecular complexity index is 1190. The predicted molar refractivity (Wildman–Crippen MR) is 113 cm³/mol. The van der Waals surface area contributed by atoms with Crippen molar-refractivity contribution in [1.29, 1.82) is 0 Å². The molecule has 0 aliphatic heterocycles. The first kappa shape index (κ1) is 18.8. The third kappa shape index (κ3) is 4.30. The molecule has 0 aliphatic rings. The number of amides is 1. The van der Waals surface area contributed by atoms with E-state index in [9.17, 15) is 9.59 Å². The van der Waals surface area contributed by atoms with E-state index in [1.54, 1.807) is 12.1 Å². The van der Waals surface area contributed by atoms with Crippen LogP contribution in [0.5, 0.6) is 0 Å².